The minimum atomic E-state index is 0.0198. The van der Waals surface area contributed by atoms with Crippen molar-refractivity contribution < 1.29 is 4.79 Å². The standard InChI is InChI=1S/C15H16O/c1-11-8-9-14(12(2)10-11)15(16)13-6-4-3-5-7-13/h3-6,8-10,13H,7H2,1-2H3. The summed E-state index contributed by atoms with van der Waals surface area (Å²) in [6.07, 6.45) is 8.80. The Morgan fingerprint density at radius 2 is 2.06 bits per heavy atom. The summed E-state index contributed by atoms with van der Waals surface area (Å²) in [7, 11) is 0. The van der Waals surface area contributed by atoms with Gasteiger partial charge in [0, 0.05) is 11.5 Å². The Hall–Kier alpha value is -1.63. The molecule has 0 radical (unpaired) electrons. The third kappa shape index (κ3) is 2.13. The molecular formula is C15H16O. The van der Waals surface area contributed by atoms with Gasteiger partial charge in [0.05, 0.1) is 0 Å². The topological polar surface area (TPSA) is 17.1 Å². The minimum Gasteiger partial charge on any atom is -0.293 e. The molecular weight excluding hydrogens is 196 g/mol. The normalized spacial score (nSPS) is 18.8. The van der Waals surface area contributed by atoms with Crippen LogP contribution in [0.5, 0.6) is 0 Å². The van der Waals surface area contributed by atoms with Gasteiger partial charge < -0.3 is 0 Å². The van der Waals surface area contributed by atoms with Crippen molar-refractivity contribution in [1.82, 2.24) is 0 Å². The van der Waals surface area contributed by atoms with Gasteiger partial charge in [0.2, 0.25) is 0 Å². The second-order valence-electron chi connectivity index (χ2n) is 4.34. The lowest BCUT2D eigenvalue weighted by Gasteiger charge is -2.13. The van der Waals surface area contributed by atoms with Crippen LogP contribution < -0.4 is 0 Å². The fourth-order valence-electron chi connectivity index (χ4n) is 2.06. The van der Waals surface area contributed by atoms with E-state index in [1.165, 1.54) is 5.56 Å². The second kappa shape index (κ2) is 4.48. The summed E-state index contributed by atoms with van der Waals surface area (Å²) in [6.45, 7) is 4.05. The van der Waals surface area contributed by atoms with Crippen LogP contribution in [0.4, 0.5) is 0 Å². The molecule has 0 aliphatic heterocycles. The van der Waals surface area contributed by atoms with E-state index >= 15 is 0 Å². The molecule has 1 atom stereocenters. The van der Waals surface area contributed by atoms with Gasteiger partial charge in [-0.05, 0) is 25.8 Å². The number of hydrogen-bond acceptors (Lipinski definition) is 1. The third-order valence-corrected chi connectivity index (χ3v) is 2.96. The van der Waals surface area contributed by atoms with Crippen molar-refractivity contribution in [3.63, 3.8) is 0 Å². The van der Waals surface area contributed by atoms with Crippen molar-refractivity contribution in [2.45, 2.75) is 20.3 Å². The van der Waals surface area contributed by atoms with Crippen molar-refractivity contribution in [2.75, 3.05) is 0 Å². The molecule has 1 heteroatoms. The number of rotatable bonds is 2. The van der Waals surface area contributed by atoms with Gasteiger partial charge in [0.25, 0.3) is 0 Å². The zero-order valence-electron chi connectivity index (χ0n) is 9.73. The number of Topliss-reactive ketones (excluding diaryl/α,β-unsaturated/α-hetero) is 1. The van der Waals surface area contributed by atoms with E-state index in [4.69, 9.17) is 0 Å². The molecule has 0 aromatic heterocycles. The molecule has 2 rings (SSSR count). The Morgan fingerprint density at radius 1 is 1.25 bits per heavy atom. The summed E-state index contributed by atoms with van der Waals surface area (Å²) in [5, 5.41) is 0. The number of ketones is 1. The largest absolute Gasteiger partial charge is 0.293 e. The molecule has 1 aromatic rings. The maximum Gasteiger partial charge on any atom is 0.170 e. The zero-order valence-corrected chi connectivity index (χ0v) is 9.73. The molecule has 0 bridgehead atoms. The van der Waals surface area contributed by atoms with E-state index in [0.29, 0.717) is 0 Å². The minimum absolute atomic E-state index is 0.0198. The van der Waals surface area contributed by atoms with Crippen molar-refractivity contribution >= 4 is 5.78 Å². The molecule has 1 aliphatic carbocycles. The Bertz CT molecular complexity index is 466. The quantitative estimate of drug-likeness (QED) is 0.684. The Labute approximate surface area is 96.5 Å². The van der Waals surface area contributed by atoms with Gasteiger partial charge in [-0.3, -0.25) is 4.79 Å². The molecule has 82 valence electrons. The average molecular weight is 212 g/mol. The highest BCUT2D eigenvalue weighted by Crippen LogP contribution is 2.20. The zero-order chi connectivity index (χ0) is 11.5. The summed E-state index contributed by atoms with van der Waals surface area (Å²) in [5.41, 5.74) is 3.14. The predicted molar refractivity (Wildman–Crippen MR) is 66.6 cm³/mol. The summed E-state index contributed by atoms with van der Waals surface area (Å²) < 4.78 is 0. The molecule has 0 saturated heterocycles. The summed E-state index contributed by atoms with van der Waals surface area (Å²) in [6, 6.07) is 6.01. The van der Waals surface area contributed by atoms with Crippen LogP contribution in [0, 0.1) is 19.8 Å². The molecule has 1 aliphatic rings. The van der Waals surface area contributed by atoms with Crippen LogP contribution in [0.15, 0.2) is 42.5 Å². The van der Waals surface area contributed by atoms with Gasteiger partial charge in [-0.25, -0.2) is 0 Å². The maximum absolute atomic E-state index is 12.2. The average Bonchev–Trinajstić information content (AvgIpc) is 2.29. The van der Waals surface area contributed by atoms with E-state index in [2.05, 4.69) is 6.07 Å². The lowest BCUT2D eigenvalue weighted by atomic mass is 9.89. The van der Waals surface area contributed by atoms with Crippen LogP contribution in [-0.4, -0.2) is 5.78 Å². The molecule has 0 saturated carbocycles. The molecule has 0 heterocycles. The molecule has 1 aromatic carbocycles. The fraction of sp³-hybridized carbons (Fsp3) is 0.267. The molecule has 0 spiro atoms. The van der Waals surface area contributed by atoms with Crippen LogP contribution in [-0.2, 0) is 0 Å². The van der Waals surface area contributed by atoms with Crippen molar-refractivity contribution in [1.29, 1.82) is 0 Å². The first-order chi connectivity index (χ1) is 7.68. The Kier molecular flexibility index (Phi) is 3.04. The molecule has 16 heavy (non-hydrogen) atoms. The van der Waals surface area contributed by atoms with E-state index in [-0.39, 0.29) is 11.7 Å². The first kappa shape index (κ1) is 10.9. The van der Waals surface area contributed by atoms with Crippen LogP contribution in [0.25, 0.3) is 0 Å². The molecule has 1 nitrogen and oxygen atoms in total. The van der Waals surface area contributed by atoms with Gasteiger partial charge in [-0.2, -0.15) is 0 Å². The highest BCUT2D eigenvalue weighted by Gasteiger charge is 2.18. The number of carbonyl (C=O) groups is 1. The first-order valence-electron chi connectivity index (χ1n) is 5.63. The summed E-state index contributed by atoms with van der Waals surface area (Å²) in [4.78, 5) is 12.2. The number of carbonyl (C=O) groups excluding carboxylic acids is 1. The molecule has 0 N–H and O–H groups in total. The highest BCUT2D eigenvalue weighted by atomic mass is 16.1. The number of benzene rings is 1. The lowest BCUT2D eigenvalue weighted by molar-refractivity contribution is 0.0945. The van der Waals surface area contributed by atoms with E-state index in [9.17, 15) is 4.79 Å². The van der Waals surface area contributed by atoms with Crippen LogP contribution >= 0.6 is 0 Å². The monoisotopic (exact) mass is 212 g/mol. The summed E-state index contributed by atoms with van der Waals surface area (Å²) >= 11 is 0. The number of allylic oxidation sites excluding steroid dienone is 4. The number of hydrogen-bond donors (Lipinski definition) is 0. The second-order valence-corrected chi connectivity index (χ2v) is 4.34. The van der Waals surface area contributed by atoms with E-state index in [0.717, 1.165) is 17.5 Å². The fourth-order valence-corrected chi connectivity index (χ4v) is 2.06. The van der Waals surface area contributed by atoms with Crippen molar-refractivity contribution in [3.8, 4) is 0 Å². The first-order valence-corrected chi connectivity index (χ1v) is 5.63. The van der Waals surface area contributed by atoms with Crippen molar-refractivity contribution in [2.24, 2.45) is 5.92 Å². The van der Waals surface area contributed by atoms with Gasteiger partial charge >= 0.3 is 0 Å². The van der Waals surface area contributed by atoms with E-state index in [1.54, 1.807) is 0 Å². The molecule has 0 fully saturated rings. The Balaban J connectivity index is 2.27. The van der Waals surface area contributed by atoms with Crippen LogP contribution in [0.1, 0.15) is 27.9 Å². The van der Waals surface area contributed by atoms with Crippen LogP contribution in [0.2, 0.25) is 0 Å². The van der Waals surface area contributed by atoms with Gasteiger partial charge in [-0.1, -0.05) is 48.1 Å². The van der Waals surface area contributed by atoms with Gasteiger partial charge in [0.1, 0.15) is 0 Å². The third-order valence-electron chi connectivity index (χ3n) is 2.96. The van der Waals surface area contributed by atoms with Crippen molar-refractivity contribution in [3.05, 3.63) is 59.2 Å². The summed E-state index contributed by atoms with van der Waals surface area (Å²) in [5.74, 6) is 0.254. The van der Waals surface area contributed by atoms with Crippen LogP contribution in [0.3, 0.4) is 0 Å². The Morgan fingerprint density at radius 3 is 2.69 bits per heavy atom. The smallest absolute Gasteiger partial charge is 0.170 e. The molecule has 0 amide bonds. The van der Waals surface area contributed by atoms with E-state index < -0.39 is 0 Å². The molecule has 1 unspecified atom stereocenters. The lowest BCUT2D eigenvalue weighted by Crippen LogP contribution is -2.14. The van der Waals surface area contributed by atoms with Gasteiger partial charge in [-0.15, -0.1) is 0 Å². The SMILES string of the molecule is Cc1ccc(C(=O)C2C=CC=CC2)c(C)c1. The maximum atomic E-state index is 12.2. The number of aryl methyl sites for hydroxylation is 2. The van der Waals surface area contributed by atoms with Gasteiger partial charge in [0.15, 0.2) is 5.78 Å². The highest BCUT2D eigenvalue weighted by molar-refractivity contribution is 6.00. The van der Waals surface area contributed by atoms with E-state index in [1.807, 2.05) is 50.3 Å². The predicted octanol–water partition coefficient (Wildman–Crippen LogP) is 3.62.